The number of benzene rings is 1. The Balaban J connectivity index is 2.52. The highest BCUT2D eigenvalue weighted by Crippen LogP contribution is 2.05. The molecule has 0 aliphatic heterocycles. The summed E-state index contributed by atoms with van der Waals surface area (Å²) in [6.45, 7) is 2.01. The highest BCUT2D eigenvalue weighted by molar-refractivity contribution is 5.92. The van der Waals surface area contributed by atoms with Crippen LogP contribution in [0.5, 0.6) is 0 Å². The van der Waals surface area contributed by atoms with Crippen LogP contribution in [0, 0.1) is 11.3 Å². The highest BCUT2D eigenvalue weighted by atomic mass is 16.5. The predicted molar refractivity (Wildman–Crippen MR) is 65.1 cm³/mol. The van der Waals surface area contributed by atoms with E-state index in [4.69, 9.17) is 10.00 Å². The molecule has 3 heteroatoms. The first-order valence-electron chi connectivity index (χ1n) is 5.59. The van der Waals surface area contributed by atoms with Crippen LogP contribution in [0.3, 0.4) is 0 Å². The Hall–Kier alpha value is -2.08. The topological polar surface area (TPSA) is 50.1 Å². The van der Waals surface area contributed by atoms with E-state index >= 15 is 0 Å². The lowest BCUT2D eigenvalue weighted by molar-refractivity contribution is -0.138. The van der Waals surface area contributed by atoms with Crippen LogP contribution in [0.25, 0.3) is 0 Å². The molecule has 0 bridgehead atoms. The molecule has 0 aromatic heterocycles. The first-order valence-corrected chi connectivity index (χ1v) is 5.59. The van der Waals surface area contributed by atoms with Crippen LogP contribution in [0.15, 0.2) is 42.0 Å². The lowest BCUT2D eigenvalue weighted by atomic mass is 10.1. The summed E-state index contributed by atoms with van der Waals surface area (Å²) in [6, 6.07) is 11.8. The summed E-state index contributed by atoms with van der Waals surface area (Å²) in [6.07, 6.45) is 3.10. The van der Waals surface area contributed by atoms with Gasteiger partial charge < -0.3 is 4.74 Å². The molecule has 0 fully saturated rings. The lowest BCUT2D eigenvalue weighted by Gasteiger charge is -2.00. The van der Waals surface area contributed by atoms with Gasteiger partial charge in [0.1, 0.15) is 11.6 Å². The first kappa shape index (κ1) is 13.0. The molecule has 0 saturated heterocycles. The van der Waals surface area contributed by atoms with Crippen LogP contribution < -0.4 is 0 Å². The molecule has 1 rings (SSSR count). The number of ether oxygens (including phenoxy) is 1. The van der Waals surface area contributed by atoms with Crippen molar-refractivity contribution in [1.82, 2.24) is 0 Å². The Morgan fingerprint density at radius 2 is 2.12 bits per heavy atom. The molecule has 0 aliphatic carbocycles. The fraction of sp³-hybridized carbons (Fsp3) is 0.286. The molecule has 0 saturated carbocycles. The van der Waals surface area contributed by atoms with Crippen LogP contribution in [0.2, 0.25) is 0 Å². The van der Waals surface area contributed by atoms with E-state index in [1.807, 2.05) is 36.4 Å². The van der Waals surface area contributed by atoms with Crippen LogP contribution in [-0.4, -0.2) is 12.6 Å². The number of aryl methyl sites for hydroxylation is 1. The van der Waals surface area contributed by atoms with E-state index in [0.29, 0.717) is 6.42 Å². The molecule has 0 unspecified atom stereocenters. The Bertz CT molecular complexity index is 429. The van der Waals surface area contributed by atoms with E-state index in [1.54, 1.807) is 13.0 Å². The van der Waals surface area contributed by atoms with Crippen molar-refractivity contribution in [3.05, 3.63) is 47.5 Å². The monoisotopic (exact) mass is 229 g/mol. The molecule has 0 spiro atoms. The number of allylic oxidation sites excluding steroid dienone is 1. The number of hydrogen-bond acceptors (Lipinski definition) is 3. The summed E-state index contributed by atoms with van der Waals surface area (Å²) >= 11 is 0. The second kappa shape index (κ2) is 7.24. The molecule has 0 N–H and O–H groups in total. The average molecular weight is 229 g/mol. The van der Waals surface area contributed by atoms with Gasteiger partial charge in [-0.2, -0.15) is 5.26 Å². The number of hydrogen-bond donors (Lipinski definition) is 0. The summed E-state index contributed by atoms with van der Waals surface area (Å²) in [5.41, 5.74) is 1.27. The third kappa shape index (κ3) is 4.52. The number of esters is 1. The SMILES string of the molecule is CCOC(=O)/C(C#N)=C/CCc1ccccc1. The second-order valence-corrected chi connectivity index (χ2v) is 3.47. The van der Waals surface area contributed by atoms with Crippen molar-refractivity contribution in [2.75, 3.05) is 6.61 Å². The smallest absolute Gasteiger partial charge is 0.348 e. The van der Waals surface area contributed by atoms with E-state index in [0.717, 1.165) is 6.42 Å². The molecule has 1 aromatic rings. The van der Waals surface area contributed by atoms with E-state index < -0.39 is 5.97 Å². The molecule has 1 aromatic carbocycles. The Labute approximate surface area is 101 Å². The third-order valence-electron chi connectivity index (χ3n) is 2.24. The van der Waals surface area contributed by atoms with Crippen LogP contribution in [0.1, 0.15) is 18.9 Å². The van der Waals surface area contributed by atoms with E-state index in [9.17, 15) is 4.79 Å². The zero-order valence-electron chi connectivity index (χ0n) is 9.85. The van der Waals surface area contributed by atoms with Gasteiger partial charge in [-0.1, -0.05) is 36.4 Å². The summed E-state index contributed by atoms with van der Waals surface area (Å²) in [5.74, 6) is -0.539. The maximum absolute atomic E-state index is 11.3. The van der Waals surface area contributed by atoms with Gasteiger partial charge in [0.15, 0.2) is 0 Å². The molecule has 0 aliphatic rings. The van der Waals surface area contributed by atoms with E-state index in [-0.39, 0.29) is 12.2 Å². The van der Waals surface area contributed by atoms with Crippen molar-refractivity contribution in [2.45, 2.75) is 19.8 Å². The molecule has 3 nitrogen and oxygen atoms in total. The van der Waals surface area contributed by atoms with Gasteiger partial charge in [0, 0.05) is 0 Å². The number of nitriles is 1. The van der Waals surface area contributed by atoms with Gasteiger partial charge in [-0.15, -0.1) is 0 Å². The highest BCUT2D eigenvalue weighted by Gasteiger charge is 2.08. The predicted octanol–water partition coefficient (Wildman–Crippen LogP) is 2.63. The molecule has 88 valence electrons. The molecule has 0 amide bonds. The molecule has 0 radical (unpaired) electrons. The van der Waals surface area contributed by atoms with Gasteiger partial charge in [0.25, 0.3) is 0 Å². The Kier molecular flexibility index (Phi) is 5.53. The van der Waals surface area contributed by atoms with Crippen molar-refractivity contribution in [2.24, 2.45) is 0 Å². The number of carbonyl (C=O) groups is 1. The number of rotatable bonds is 5. The fourth-order valence-electron chi connectivity index (χ4n) is 1.41. The van der Waals surface area contributed by atoms with Gasteiger partial charge >= 0.3 is 5.97 Å². The normalized spacial score (nSPS) is 10.7. The molecular formula is C14H15NO2. The quantitative estimate of drug-likeness (QED) is 0.443. The minimum Gasteiger partial charge on any atom is -0.462 e. The molecule has 0 heterocycles. The van der Waals surface area contributed by atoms with Crippen LogP contribution in [-0.2, 0) is 16.0 Å². The first-order chi connectivity index (χ1) is 8.27. The van der Waals surface area contributed by atoms with Crippen molar-refractivity contribution in [1.29, 1.82) is 5.26 Å². The maximum Gasteiger partial charge on any atom is 0.348 e. The van der Waals surface area contributed by atoms with Gasteiger partial charge in [-0.05, 0) is 25.3 Å². The van der Waals surface area contributed by atoms with Gasteiger partial charge in [-0.25, -0.2) is 4.79 Å². The average Bonchev–Trinajstić information content (AvgIpc) is 2.36. The fourth-order valence-corrected chi connectivity index (χ4v) is 1.41. The van der Waals surface area contributed by atoms with Crippen molar-refractivity contribution in [3.8, 4) is 6.07 Å². The van der Waals surface area contributed by atoms with E-state index in [1.165, 1.54) is 5.56 Å². The summed E-state index contributed by atoms with van der Waals surface area (Å²) in [5, 5.41) is 8.80. The van der Waals surface area contributed by atoms with Gasteiger partial charge in [-0.3, -0.25) is 0 Å². The minimum atomic E-state index is -0.539. The van der Waals surface area contributed by atoms with Gasteiger partial charge in [0.05, 0.1) is 6.61 Å². The summed E-state index contributed by atoms with van der Waals surface area (Å²) in [7, 11) is 0. The summed E-state index contributed by atoms with van der Waals surface area (Å²) < 4.78 is 4.77. The Morgan fingerprint density at radius 3 is 2.71 bits per heavy atom. The molecule has 0 atom stereocenters. The van der Waals surface area contributed by atoms with Crippen LogP contribution in [0.4, 0.5) is 0 Å². The Morgan fingerprint density at radius 1 is 1.41 bits per heavy atom. The maximum atomic E-state index is 11.3. The molecule has 17 heavy (non-hydrogen) atoms. The largest absolute Gasteiger partial charge is 0.462 e. The second-order valence-electron chi connectivity index (χ2n) is 3.47. The number of carbonyl (C=O) groups excluding carboxylic acids is 1. The zero-order valence-corrected chi connectivity index (χ0v) is 9.85. The van der Waals surface area contributed by atoms with Crippen molar-refractivity contribution >= 4 is 5.97 Å². The zero-order chi connectivity index (χ0) is 12.5. The standard InChI is InChI=1S/C14H15NO2/c1-2-17-14(16)13(11-15)10-6-9-12-7-4-3-5-8-12/h3-5,7-8,10H,2,6,9H2,1H3/b13-10+. The van der Waals surface area contributed by atoms with Crippen molar-refractivity contribution < 1.29 is 9.53 Å². The molecular weight excluding hydrogens is 214 g/mol. The number of nitrogens with zero attached hydrogens (tertiary/aromatic N) is 1. The summed E-state index contributed by atoms with van der Waals surface area (Å²) in [4.78, 5) is 11.3. The third-order valence-corrected chi connectivity index (χ3v) is 2.24. The van der Waals surface area contributed by atoms with Crippen LogP contribution >= 0.6 is 0 Å². The lowest BCUT2D eigenvalue weighted by Crippen LogP contribution is -2.06. The van der Waals surface area contributed by atoms with Crippen molar-refractivity contribution in [3.63, 3.8) is 0 Å². The van der Waals surface area contributed by atoms with Gasteiger partial charge in [0.2, 0.25) is 0 Å². The minimum absolute atomic E-state index is 0.0859. The van der Waals surface area contributed by atoms with E-state index in [2.05, 4.69) is 0 Å².